The van der Waals surface area contributed by atoms with Crippen LogP contribution in [0.15, 0.2) is 34.9 Å². The first-order valence-corrected chi connectivity index (χ1v) is 6.85. The first-order valence-electron chi connectivity index (χ1n) is 5.68. The summed E-state index contributed by atoms with van der Waals surface area (Å²) in [6.07, 6.45) is 2.62. The standard InChI is InChI=1S/C14H13BrClNO/c1-3-10-7-11(4-5-13(10)16)18-14-6-9(2)12(15)8-17-14/h4-8H,3H2,1-2H3. The summed E-state index contributed by atoms with van der Waals surface area (Å²) in [5.74, 6) is 1.34. The number of halogens is 2. The lowest BCUT2D eigenvalue weighted by Crippen LogP contribution is -1.91. The van der Waals surface area contributed by atoms with Crippen LogP contribution in [0.4, 0.5) is 0 Å². The number of nitrogens with zero attached hydrogens (tertiary/aromatic N) is 1. The highest BCUT2D eigenvalue weighted by Crippen LogP contribution is 2.27. The van der Waals surface area contributed by atoms with Crippen molar-refractivity contribution in [2.75, 3.05) is 0 Å². The topological polar surface area (TPSA) is 22.1 Å². The van der Waals surface area contributed by atoms with Gasteiger partial charge in [-0.2, -0.15) is 0 Å². The lowest BCUT2D eigenvalue weighted by atomic mass is 10.1. The molecular formula is C14H13BrClNO. The Balaban J connectivity index is 2.25. The monoisotopic (exact) mass is 325 g/mol. The fraction of sp³-hybridized carbons (Fsp3) is 0.214. The first kappa shape index (κ1) is 13.4. The van der Waals surface area contributed by atoms with Crippen LogP contribution < -0.4 is 4.74 Å². The highest BCUT2D eigenvalue weighted by molar-refractivity contribution is 9.10. The molecule has 2 rings (SSSR count). The maximum Gasteiger partial charge on any atom is 0.219 e. The minimum absolute atomic E-state index is 0.583. The van der Waals surface area contributed by atoms with E-state index in [9.17, 15) is 0 Å². The van der Waals surface area contributed by atoms with Gasteiger partial charge in [-0.3, -0.25) is 0 Å². The predicted molar refractivity (Wildman–Crippen MR) is 77.6 cm³/mol. The van der Waals surface area contributed by atoms with Gasteiger partial charge in [0.05, 0.1) is 0 Å². The minimum Gasteiger partial charge on any atom is -0.439 e. The zero-order valence-corrected chi connectivity index (χ0v) is 12.5. The molecule has 1 aromatic carbocycles. The van der Waals surface area contributed by atoms with Crippen LogP contribution >= 0.6 is 27.5 Å². The third kappa shape index (κ3) is 3.03. The molecule has 1 heterocycles. The summed E-state index contributed by atoms with van der Waals surface area (Å²) >= 11 is 9.48. The number of aromatic nitrogens is 1. The average molecular weight is 327 g/mol. The third-order valence-electron chi connectivity index (χ3n) is 2.64. The van der Waals surface area contributed by atoms with Crippen LogP contribution in [0.25, 0.3) is 0 Å². The molecule has 0 aliphatic rings. The maximum absolute atomic E-state index is 6.07. The number of benzene rings is 1. The van der Waals surface area contributed by atoms with Crippen molar-refractivity contribution in [1.82, 2.24) is 4.98 Å². The summed E-state index contributed by atoms with van der Waals surface area (Å²) in [4.78, 5) is 4.21. The van der Waals surface area contributed by atoms with Crippen LogP contribution in [0.2, 0.25) is 5.02 Å². The van der Waals surface area contributed by atoms with Gasteiger partial charge in [0.25, 0.3) is 0 Å². The molecule has 2 aromatic rings. The van der Waals surface area contributed by atoms with E-state index in [4.69, 9.17) is 16.3 Å². The second kappa shape index (κ2) is 5.72. The van der Waals surface area contributed by atoms with E-state index >= 15 is 0 Å². The molecule has 2 nitrogen and oxygen atoms in total. The molecule has 0 atom stereocenters. The summed E-state index contributed by atoms with van der Waals surface area (Å²) in [6.45, 7) is 4.06. The van der Waals surface area contributed by atoms with Crippen molar-refractivity contribution >= 4 is 27.5 Å². The molecular weight excluding hydrogens is 314 g/mol. The van der Waals surface area contributed by atoms with Gasteiger partial charge in [-0.15, -0.1) is 0 Å². The SMILES string of the molecule is CCc1cc(Oc2cc(C)c(Br)cn2)ccc1Cl. The molecule has 0 bridgehead atoms. The molecule has 0 amide bonds. The lowest BCUT2D eigenvalue weighted by Gasteiger charge is -2.08. The van der Waals surface area contributed by atoms with Gasteiger partial charge in [0, 0.05) is 21.8 Å². The maximum atomic E-state index is 6.07. The quantitative estimate of drug-likeness (QED) is 0.777. The Labute approximate surface area is 120 Å². The molecule has 94 valence electrons. The van der Waals surface area contributed by atoms with Crippen molar-refractivity contribution in [3.63, 3.8) is 0 Å². The largest absolute Gasteiger partial charge is 0.439 e. The molecule has 0 saturated heterocycles. The molecule has 0 aliphatic heterocycles. The Kier molecular flexibility index (Phi) is 4.25. The van der Waals surface area contributed by atoms with Gasteiger partial charge in [-0.05, 0) is 58.6 Å². The van der Waals surface area contributed by atoms with E-state index in [1.165, 1.54) is 0 Å². The van der Waals surface area contributed by atoms with Crippen LogP contribution in [-0.4, -0.2) is 4.98 Å². The summed E-state index contributed by atoms with van der Waals surface area (Å²) in [7, 11) is 0. The number of ether oxygens (including phenoxy) is 1. The van der Waals surface area contributed by atoms with Crippen LogP contribution in [0.5, 0.6) is 11.6 Å². The predicted octanol–water partition coefficient (Wildman–Crippen LogP) is 5.16. The van der Waals surface area contributed by atoms with Gasteiger partial charge in [0.1, 0.15) is 5.75 Å². The Morgan fingerprint density at radius 2 is 2.11 bits per heavy atom. The second-order valence-corrected chi connectivity index (χ2v) is 5.24. The van der Waals surface area contributed by atoms with Gasteiger partial charge in [-0.1, -0.05) is 18.5 Å². The van der Waals surface area contributed by atoms with Crippen molar-refractivity contribution in [1.29, 1.82) is 0 Å². The second-order valence-electron chi connectivity index (χ2n) is 3.98. The number of aryl methyl sites for hydroxylation is 2. The minimum atomic E-state index is 0.583. The van der Waals surface area contributed by atoms with Gasteiger partial charge in [-0.25, -0.2) is 4.98 Å². The Morgan fingerprint density at radius 3 is 2.78 bits per heavy atom. The zero-order valence-electron chi connectivity index (χ0n) is 10.2. The Bertz CT molecular complexity index is 572. The van der Waals surface area contributed by atoms with Crippen LogP contribution in [0, 0.1) is 6.92 Å². The zero-order chi connectivity index (χ0) is 13.1. The molecule has 0 N–H and O–H groups in total. The van der Waals surface area contributed by atoms with E-state index in [1.54, 1.807) is 6.20 Å². The molecule has 0 aliphatic carbocycles. The van der Waals surface area contributed by atoms with Crippen LogP contribution in [0.3, 0.4) is 0 Å². The number of rotatable bonds is 3. The summed E-state index contributed by atoms with van der Waals surface area (Å²) in [5.41, 5.74) is 2.16. The van der Waals surface area contributed by atoms with E-state index < -0.39 is 0 Å². The van der Waals surface area contributed by atoms with E-state index in [0.717, 1.165) is 32.8 Å². The molecule has 0 fully saturated rings. The van der Waals surface area contributed by atoms with Gasteiger partial charge < -0.3 is 4.74 Å². The van der Waals surface area contributed by atoms with Gasteiger partial charge >= 0.3 is 0 Å². The molecule has 0 unspecified atom stereocenters. The summed E-state index contributed by atoms with van der Waals surface area (Å²) in [6, 6.07) is 7.54. The lowest BCUT2D eigenvalue weighted by molar-refractivity contribution is 0.461. The van der Waals surface area contributed by atoms with E-state index in [0.29, 0.717) is 5.88 Å². The van der Waals surface area contributed by atoms with Crippen molar-refractivity contribution in [2.24, 2.45) is 0 Å². The molecule has 1 aromatic heterocycles. The third-order valence-corrected chi connectivity index (χ3v) is 3.84. The number of hydrogen-bond donors (Lipinski definition) is 0. The average Bonchev–Trinajstić information content (AvgIpc) is 2.36. The normalized spacial score (nSPS) is 10.4. The molecule has 0 saturated carbocycles. The first-order chi connectivity index (χ1) is 8.60. The van der Waals surface area contributed by atoms with Crippen LogP contribution in [-0.2, 0) is 6.42 Å². The van der Waals surface area contributed by atoms with Crippen molar-refractivity contribution < 1.29 is 4.74 Å². The smallest absolute Gasteiger partial charge is 0.219 e. The molecule has 4 heteroatoms. The Morgan fingerprint density at radius 1 is 1.33 bits per heavy atom. The van der Waals surface area contributed by atoms with E-state index in [1.807, 2.05) is 31.2 Å². The number of pyridine rings is 1. The molecule has 18 heavy (non-hydrogen) atoms. The van der Waals surface area contributed by atoms with E-state index in [-0.39, 0.29) is 0 Å². The number of hydrogen-bond acceptors (Lipinski definition) is 2. The molecule has 0 spiro atoms. The van der Waals surface area contributed by atoms with Crippen molar-refractivity contribution in [3.8, 4) is 11.6 Å². The highest BCUT2D eigenvalue weighted by atomic mass is 79.9. The highest BCUT2D eigenvalue weighted by Gasteiger charge is 2.04. The Hall–Kier alpha value is -1.06. The van der Waals surface area contributed by atoms with E-state index in [2.05, 4.69) is 27.8 Å². The van der Waals surface area contributed by atoms with Gasteiger partial charge in [0.2, 0.25) is 5.88 Å². The van der Waals surface area contributed by atoms with Gasteiger partial charge in [0.15, 0.2) is 0 Å². The van der Waals surface area contributed by atoms with Crippen LogP contribution in [0.1, 0.15) is 18.1 Å². The molecule has 0 radical (unpaired) electrons. The van der Waals surface area contributed by atoms with Crippen molar-refractivity contribution in [3.05, 3.63) is 51.1 Å². The van der Waals surface area contributed by atoms with Crippen molar-refractivity contribution in [2.45, 2.75) is 20.3 Å². The fourth-order valence-corrected chi connectivity index (χ4v) is 2.04. The summed E-state index contributed by atoms with van der Waals surface area (Å²) < 4.78 is 6.69. The fourth-order valence-electron chi connectivity index (χ4n) is 1.58. The summed E-state index contributed by atoms with van der Waals surface area (Å²) in [5, 5.41) is 0.768.